The van der Waals surface area contributed by atoms with E-state index in [2.05, 4.69) is 49.8 Å². The number of pyridine rings is 1. The number of nitrogens with two attached hydrogens (primary N) is 1. The Bertz CT molecular complexity index is 448. The molecule has 0 aliphatic heterocycles. The van der Waals surface area contributed by atoms with Crippen molar-refractivity contribution in [1.82, 2.24) is 15.2 Å². The Morgan fingerprint density at radius 3 is 2.43 bits per heavy atom. The fourth-order valence-electron chi connectivity index (χ4n) is 3.12. The predicted molar refractivity (Wildman–Crippen MR) is 91.7 cm³/mol. The molecule has 0 radical (unpaired) electrons. The van der Waals surface area contributed by atoms with Crippen LogP contribution < -0.4 is 11.1 Å². The second-order valence-electron chi connectivity index (χ2n) is 5.50. The maximum Gasteiger partial charge on any atom is 0.128 e. The topological polar surface area (TPSA) is 54.2 Å². The van der Waals surface area contributed by atoms with Crippen LogP contribution in [0.25, 0.3) is 0 Å². The molecule has 0 bridgehead atoms. The van der Waals surface area contributed by atoms with Crippen molar-refractivity contribution in [2.75, 3.05) is 25.4 Å². The molecule has 0 aromatic carbocycles. The van der Waals surface area contributed by atoms with E-state index in [-0.39, 0.29) is 11.6 Å². The van der Waals surface area contributed by atoms with Gasteiger partial charge in [0.15, 0.2) is 0 Å². The molecule has 0 aliphatic rings. The number of hydrogen-bond acceptors (Lipinski definition) is 4. The van der Waals surface area contributed by atoms with Gasteiger partial charge in [-0.05, 0) is 39.0 Å². The fourth-order valence-corrected chi connectivity index (χ4v) is 3.29. The molecule has 0 amide bonds. The van der Waals surface area contributed by atoms with E-state index in [4.69, 9.17) is 17.3 Å². The van der Waals surface area contributed by atoms with E-state index < -0.39 is 0 Å². The normalized spacial score (nSPS) is 16.0. The third-order valence-corrected chi connectivity index (χ3v) is 4.67. The van der Waals surface area contributed by atoms with Crippen molar-refractivity contribution in [1.29, 1.82) is 0 Å². The van der Waals surface area contributed by atoms with Crippen LogP contribution >= 0.6 is 11.6 Å². The van der Waals surface area contributed by atoms with Crippen molar-refractivity contribution in [3.05, 3.63) is 22.8 Å². The van der Waals surface area contributed by atoms with E-state index in [0.717, 1.165) is 31.6 Å². The second kappa shape index (κ2) is 7.97. The maximum absolute atomic E-state index is 6.14. The first kappa shape index (κ1) is 18.2. The largest absolute Gasteiger partial charge is 0.383 e. The van der Waals surface area contributed by atoms with E-state index in [9.17, 15) is 0 Å². The van der Waals surface area contributed by atoms with E-state index in [0.29, 0.717) is 10.8 Å². The van der Waals surface area contributed by atoms with Gasteiger partial charge >= 0.3 is 0 Å². The summed E-state index contributed by atoms with van der Waals surface area (Å²) >= 11 is 6.14. The van der Waals surface area contributed by atoms with Crippen LogP contribution in [0.15, 0.2) is 12.3 Å². The number of hydrogen-bond donors (Lipinski definition) is 2. The smallest absolute Gasteiger partial charge is 0.128 e. The van der Waals surface area contributed by atoms with E-state index >= 15 is 0 Å². The molecule has 2 atom stereocenters. The molecule has 1 aromatic heterocycles. The van der Waals surface area contributed by atoms with Gasteiger partial charge in [-0.1, -0.05) is 39.3 Å². The minimum absolute atomic E-state index is 0.0417. The molecule has 1 rings (SSSR count). The van der Waals surface area contributed by atoms with Crippen LogP contribution in [0.3, 0.4) is 0 Å². The standard InChI is InChI=1S/C16H29ClN4/c1-6-16(5,21(8-3)9-4)14(19-7-2)13-10-12(17)11-20-15(13)18/h10-11,14,19H,6-9H2,1-5H3,(H2,18,20). The molecule has 2 unspecified atom stereocenters. The summed E-state index contributed by atoms with van der Waals surface area (Å²) < 4.78 is 0. The number of nitrogen functional groups attached to an aromatic ring is 1. The minimum Gasteiger partial charge on any atom is -0.383 e. The molecule has 0 fully saturated rings. The van der Waals surface area contributed by atoms with Crippen molar-refractivity contribution in [3.8, 4) is 0 Å². The zero-order valence-electron chi connectivity index (χ0n) is 13.9. The Labute approximate surface area is 134 Å². The lowest BCUT2D eigenvalue weighted by Crippen LogP contribution is -2.54. The SMILES string of the molecule is CCNC(c1cc(Cl)cnc1N)C(C)(CC)N(CC)CC. The third-order valence-electron chi connectivity index (χ3n) is 4.46. The fraction of sp³-hybridized carbons (Fsp3) is 0.688. The quantitative estimate of drug-likeness (QED) is 0.771. The summed E-state index contributed by atoms with van der Waals surface area (Å²) in [6.07, 6.45) is 2.61. The van der Waals surface area contributed by atoms with Gasteiger partial charge in [-0.3, -0.25) is 4.90 Å². The van der Waals surface area contributed by atoms with Crippen LogP contribution in [0.1, 0.15) is 52.6 Å². The van der Waals surface area contributed by atoms with Crippen LogP contribution in [-0.4, -0.2) is 35.1 Å². The first-order chi connectivity index (χ1) is 9.94. The lowest BCUT2D eigenvalue weighted by molar-refractivity contribution is 0.0706. The van der Waals surface area contributed by atoms with Crippen LogP contribution in [0.2, 0.25) is 5.02 Å². The number of aromatic nitrogens is 1. The van der Waals surface area contributed by atoms with Crippen molar-refractivity contribution >= 4 is 17.4 Å². The van der Waals surface area contributed by atoms with E-state index in [1.807, 2.05) is 6.07 Å². The molecule has 1 heterocycles. The average Bonchev–Trinajstić information content (AvgIpc) is 2.48. The highest BCUT2D eigenvalue weighted by Crippen LogP contribution is 2.36. The minimum atomic E-state index is -0.0417. The molecule has 4 nitrogen and oxygen atoms in total. The van der Waals surface area contributed by atoms with Crippen LogP contribution in [0, 0.1) is 0 Å². The molecular weight excluding hydrogens is 284 g/mol. The Kier molecular flexibility index (Phi) is 6.91. The first-order valence-corrected chi connectivity index (χ1v) is 8.21. The number of likely N-dealkylation sites (N-methyl/N-ethyl adjacent to an activating group) is 2. The Hall–Kier alpha value is -0.840. The van der Waals surface area contributed by atoms with Crippen molar-refractivity contribution in [2.24, 2.45) is 0 Å². The van der Waals surface area contributed by atoms with Crippen molar-refractivity contribution < 1.29 is 0 Å². The summed E-state index contributed by atoms with van der Waals surface area (Å²) in [6, 6.07) is 2.04. The molecule has 5 heteroatoms. The van der Waals surface area contributed by atoms with Gasteiger partial charge in [-0.2, -0.15) is 0 Å². The molecule has 0 saturated heterocycles. The molecule has 0 saturated carbocycles. The van der Waals surface area contributed by atoms with Gasteiger partial charge in [0.2, 0.25) is 0 Å². The van der Waals surface area contributed by atoms with Gasteiger partial charge in [0.25, 0.3) is 0 Å². The molecule has 1 aromatic rings. The summed E-state index contributed by atoms with van der Waals surface area (Å²) in [5, 5.41) is 4.21. The summed E-state index contributed by atoms with van der Waals surface area (Å²) in [5.41, 5.74) is 7.07. The molecule has 0 aliphatic carbocycles. The summed E-state index contributed by atoms with van der Waals surface area (Å²) in [7, 11) is 0. The summed E-state index contributed by atoms with van der Waals surface area (Å²) in [5.74, 6) is 0.553. The Morgan fingerprint density at radius 1 is 1.33 bits per heavy atom. The van der Waals surface area contributed by atoms with Crippen molar-refractivity contribution in [2.45, 2.75) is 52.6 Å². The van der Waals surface area contributed by atoms with Gasteiger partial charge in [0.05, 0.1) is 11.1 Å². The zero-order chi connectivity index (χ0) is 16.0. The summed E-state index contributed by atoms with van der Waals surface area (Å²) in [6.45, 7) is 13.9. The molecule has 120 valence electrons. The number of halogens is 1. The van der Waals surface area contributed by atoms with Gasteiger partial charge in [-0.15, -0.1) is 0 Å². The summed E-state index contributed by atoms with van der Waals surface area (Å²) in [4.78, 5) is 6.70. The Morgan fingerprint density at radius 2 is 1.95 bits per heavy atom. The van der Waals surface area contributed by atoms with Crippen LogP contribution in [0.5, 0.6) is 0 Å². The molecule has 21 heavy (non-hydrogen) atoms. The number of rotatable bonds is 8. The average molecular weight is 313 g/mol. The molecular formula is C16H29ClN4. The number of nitrogens with one attached hydrogen (secondary N) is 1. The lowest BCUT2D eigenvalue weighted by Gasteiger charge is -2.46. The second-order valence-corrected chi connectivity index (χ2v) is 5.94. The highest BCUT2D eigenvalue weighted by molar-refractivity contribution is 6.30. The Balaban J connectivity index is 3.34. The predicted octanol–water partition coefficient (Wildman–Crippen LogP) is 3.48. The lowest BCUT2D eigenvalue weighted by atomic mass is 9.82. The molecule has 3 N–H and O–H groups in total. The first-order valence-electron chi connectivity index (χ1n) is 7.83. The van der Waals surface area contributed by atoms with Gasteiger partial charge in [0, 0.05) is 17.3 Å². The molecule has 0 spiro atoms. The highest BCUT2D eigenvalue weighted by atomic mass is 35.5. The number of anilines is 1. The third kappa shape index (κ3) is 3.87. The highest BCUT2D eigenvalue weighted by Gasteiger charge is 2.38. The van der Waals surface area contributed by atoms with Crippen LogP contribution in [-0.2, 0) is 0 Å². The van der Waals surface area contributed by atoms with E-state index in [1.165, 1.54) is 0 Å². The van der Waals surface area contributed by atoms with Gasteiger partial charge in [-0.25, -0.2) is 4.98 Å². The zero-order valence-corrected chi connectivity index (χ0v) is 14.7. The maximum atomic E-state index is 6.14. The number of nitrogens with zero attached hydrogens (tertiary/aromatic N) is 2. The van der Waals surface area contributed by atoms with E-state index in [1.54, 1.807) is 6.20 Å². The van der Waals surface area contributed by atoms with Gasteiger partial charge < -0.3 is 11.1 Å². The van der Waals surface area contributed by atoms with Crippen LogP contribution in [0.4, 0.5) is 5.82 Å². The van der Waals surface area contributed by atoms with Crippen molar-refractivity contribution in [3.63, 3.8) is 0 Å². The monoisotopic (exact) mass is 312 g/mol. The van der Waals surface area contributed by atoms with Gasteiger partial charge in [0.1, 0.15) is 5.82 Å².